The maximum absolute atomic E-state index is 14.5. The Kier molecular flexibility index (Phi) is 32.9. The molecule has 5 aromatic rings. The van der Waals surface area contributed by atoms with E-state index in [1.54, 1.807) is 57.2 Å². The highest BCUT2D eigenvalue weighted by Crippen LogP contribution is 2.40. The number of fused-ring (bicyclic) bond motifs is 4. The SMILES string of the molecule is CO[C@H]1/C=C\C=C(/C)C(=O)NC2=CC(=O)C(NCCCCCCCNC(=O)COc3cc(C(=O)NC[C@H]4CCN5CC[C@H](CO[Si](c6ccccc6)(c6ccccc6)C(C)(C)C)N=C5N4)cc(C(=O)NC[C@H]4CCN5CC[C@H](CO[Si](c6ccccc6)(c6ccccc6)C(C)(C)C)N=C5N4)c3)=C(C[C@@H](C)C[C@H](OC)[C@H](O)[C@@H](C)/C=C(\C)[C@@H]1OC(N)=O)C2=O. The van der Waals surface area contributed by atoms with Gasteiger partial charge in [0, 0.05) is 113 Å². The molecule has 0 spiro atoms. The average Bonchev–Trinajstić information content (AvgIpc) is 0.753. The Morgan fingerprint density at radius 1 is 0.626 bits per heavy atom. The molecule has 1 aliphatic carbocycles. The van der Waals surface area contributed by atoms with Gasteiger partial charge in [-0.15, -0.1) is 0 Å². The Hall–Kier alpha value is -10.3. The third-order valence-electron chi connectivity index (χ3n) is 24.2. The molecule has 2 bridgehead atoms. The molecule has 660 valence electrons. The van der Waals surface area contributed by atoms with Gasteiger partial charge in [-0.3, -0.25) is 28.8 Å². The van der Waals surface area contributed by atoms with Gasteiger partial charge in [0.2, 0.25) is 11.6 Å². The van der Waals surface area contributed by atoms with Gasteiger partial charge in [-0.25, -0.2) is 14.8 Å². The second-order valence-electron chi connectivity index (χ2n) is 35.4. The third-order valence-corrected chi connectivity index (χ3v) is 34.3. The van der Waals surface area contributed by atoms with Crippen LogP contribution in [0.3, 0.4) is 0 Å². The van der Waals surface area contributed by atoms with E-state index in [1.807, 2.05) is 31.2 Å². The van der Waals surface area contributed by atoms with E-state index in [0.29, 0.717) is 51.1 Å². The quantitative estimate of drug-likeness (QED) is 0.00866. The van der Waals surface area contributed by atoms with Crippen molar-refractivity contribution in [3.8, 4) is 5.75 Å². The Labute approximate surface area is 727 Å². The molecule has 123 heavy (non-hydrogen) atoms. The van der Waals surface area contributed by atoms with Crippen LogP contribution in [0.1, 0.15) is 161 Å². The minimum absolute atomic E-state index is 0.0928. The molecule has 0 saturated carbocycles. The van der Waals surface area contributed by atoms with Crippen LogP contribution < -0.4 is 68.4 Å². The lowest BCUT2D eigenvalue weighted by Crippen LogP contribution is -2.67. The maximum atomic E-state index is 14.5. The van der Waals surface area contributed by atoms with Gasteiger partial charge in [0.15, 0.2) is 24.6 Å². The number of allylic oxidation sites excluding steroid dienone is 4. The van der Waals surface area contributed by atoms with Gasteiger partial charge in [0.25, 0.3) is 40.3 Å². The summed E-state index contributed by atoms with van der Waals surface area (Å²) in [5.74, 6) is -1.90. The number of ether oxygens (including phenoxy) is 4. The van der Waals surface area contributed by atoms with Gasteiger partial charge in [-0.2, -0.15) is 0 Å². The van der Waals surface area contributed by atoms with E-state index in [9.17, 15) is 38.7 Å². The van der Waals surface area contributed by atoms with Crippen molar-refractivity contribution in [3.63, 3.8) is 0 Å². The summed E-state index contributed by atoms with van der Waals surface area (Å²) in [6.45, 7) is 25.6. The summed E-state index contributed by atoms with van der Waals surface area (Å²) in [5, 5.41) is 38.6. The van der Waals surface area contributed by atoms with E-state index < -0.39 is 82.3 Å². The summed E-state index contributed by atoms with van der Waals surface area (Å²) in [5.41, 5.74) is 6.79. The van der Waals surface area contributed by atoms with Crippen LogP contribution >= 0.6 is 0 Å². The number of aliphatic imine (C=N–C) groups is 2. The summed E-state index contributed by atoms with van der Waals surface area (Å²) >= 11 is 0. The predicted octanol–water partition coefficient (Wildman–Crippen LogP) is 8.69. The van der Waals surface area contributed by atoms with E-state index in [1.165, 1.54) is 41.0 Å². The van der Waals surface area contributed by atoms with Crippen molar-refractivity contribution in [1.82, 2.24) is 47.0 Å². The van der Waals surface area contributed by atoms with Crippen LogP contribution in [-0.2, 0) is 42.2 Å². The summed E-state index contributed by atoms with van der Waals surface area (Å²) in [7, 11) is -2.72. The van der Waals surface area contributed by atoms with Crippen molar-refractivity contribution in [1.29, 1.82) is 0 Å². The zero-order chi connectivity index (χ0) is 88.0. The van der Waals surface area contributed by atoms with E-state index >= 15 is 0 Å². The van der Waals surface area contributed by atoms with Crippen LogP contribution in [0, 0.1) is 11.8 Å². The second-order valence-corrected chi connectivity index (χ2v) is 44.0. The monoisotopic (exact) mass is 1720 g/mol. The molecule has 6 aliphatic rings. The van der Waals surface area contributed by atoms with Gasteiger partial charge in [-0.1, -0.05) is 220 Å². The fourth-order valence-electron chi connectivity index (χ4n) is 17.6. The smallest absolute Gasteiger partial charge is 0.405 e. The largest absolute Gasteiger partial charge is 0.484 e. The maximum Gasteiger partial charge on any atom is 0.405 e. The molecule has 2 fully saturated rings. The molecule has 5 aromatic carbocycles. The van der Waals surface area contributed by atoms with Crippen LogP contribution in [-0.4, -0.2) is 220 Å². The number of carbonyl (C=O) groups is 7. The fraction of sp³-hybridized carbons (Fsp3) is 0.484. The van der Waals surface area contributed by atoms with Gasteiger partial charge in [-0.05, 0) is 126 Å². The molecule has 5 aliphatic heterocycles. The first kappa shape index (κ1) is 93.4. The van der Waals surface area contributed by atoms with Crippen molar-refractivity contribution >= 4 is 90.6 Å². The molecule has 10 atom stereocenters. The van der Waals surface area contributed by atoms with Crippen molar-refractivity contribution < 1.29 is 66.5 Å². The lowest BCUT2D eigenvalue weighted by Gasteiger charge is -2.44. The number of carbonyl (C=O) groups excluding carboxylic acids is 7. The van der Waals surface area contributed by atoms with Gasteiger partial charge in [0.05, 0.1) is 48.9 Å². The number of guanidine groups is 2. The molecule has 10 N–H and O–H groups in total. The summed E-state index contributed by atoms with van der Waals surface area (Å²) < 4.78 is 37.8. The number of benzene rings is 5. The van der Waals surface area contributed by atoms with Crippen LogP contribution in [0.25, 0.3) is 0 Å². The Bertz CT molecular complexity index is 4440. The van der Waals surface area contributed by atoms with Crippen molar-refractivity contribution in [3.05, 3.63) is 209 Å². The first-order valence-corrected chi connectivity index (χ1v) is 47.4. The number of Topliss-reactive ketones (excluding diaryl/α,β-unsaturated/α-hetero) is 1. The van der Waals surface area contributed by atoms with Crippen molar-refractivity contribution in [2.24, 2.45) is 27.6 Å². The number of nitrogens with one attached hydrogen (secondary N) is 7. The number of hydrogen-bond acceptors (Lipinski definition) is 21. The number of amides is 5. The first-order chi connectivity index (χ1) is 59.0. The molecule has 5 amide bonds. The number of nitrogens with zero attached hydrogens (tertiary/aromatic N) is 4. The third kappa shape index (κ3) is 24.0. The summed E-state index contributed by atoms with van der Waals surface area (Å²) in [4.78, 5) is 112. The van der Waals surface area contributed by atoms with E-state index in [4.69, 9.17) is 43.5 Å². The highest BCUT2D eigenvalue weighted by molar-refractivity contribution is 7.00. The summed E-state index contributed by atoms with van der Waals surface area (Å²) in [6, 6.07) is 46.7. The molecule has 2 saturated heterocycles. The highest BCUT2D eigenvalue weighted by Gasteiger charge is 2.52. The van der Waals surface area contributed by atoms with Gasteiger partial charge < -0.3 is 85.7 Å². The molecule has 28 heteroatoms. The number of primary amides is 1. The molecule has 26 nitrogen and oxygen atoms in total. The van der Waals surface area contributed by atoms with Crippen LogP contribution in [0.2, 0.25) is 10.1 Å². The Morgan fingerprint density at radius 2 is 1.11 bits per heavy atom. The number of hydrogen-bond donors (Lipinski definition) is 9. The fourth-order valence-corrected chi connectivity index (χ4v) is 26.8. The number of unbranched alkanes of at least 4 members (excludes halogenated alkanes) is 4. The molecule has 0 aromatic heterocycles. The zero-order valence-corrected chi connectivity index (χ0v) is 75.6. The number of rotatable bonds is 31. The predicted molar refractivity (Wildman–Crippen MR) is 485 cm³/mol. The molecule has 0 unspecified atom stereocenters. The van der Waals surface area contributed by atoms with Crippen LogP contribution in [0.15, 0.2) is 208 Å². The van der Waals surface area contributed by atoms with Gasteiger partial charge in [0.1, 0.15) is 11.9 Å². The highest BCUT2D eigenvalue weighted by atomic mass is 28.4. The molecular weight excluding hydrogens is 1590 g/mol. The van der Waals surface area contributed by atoms with Gasteiger partial charge >= 0.3 is 6.09 Å². The van der Waals surface area contributed by atoms with Crippen LogP contribution in [0.4, 0.5) is 4.79 Å². The van der Waals surface area contributed by atoms with E-state index in [-0.39, 0.29) is 112 Å². The Balaban J connectivity index is 0.709. The first-order valence-electron chi connectivity index (χ1n) is 43.6. The van der Waals surface area contributed by atoms with E-state index in [2.05, 4.69) is 186 Å². The number of aliphatic hydroxyl groups is 1. The van der Waals surface area contributed by atoms with E-state index in [0.717, 1.165) is 89.1 Å². The number of methoxy groups -OCH3 is 2. The second kappa shape index (κ2) is 43.3. The molecule has 11 rings (SSSR count). The zero-order valence-electron chi connectivity index (χ0n) is 73.6. The Morgan fingerprint density at radius 3 is 1.58 bits per heavy atom. The average molecular weight is 1720 g/mol. The molecular formula is C95H128N12O14Si2. The minimum Gasteiger partial charge on any atom is -0.484 e. The lowest BCUT2D eigenvalue weighted by molar-refractivity contribution is -0.123. The van der Waals surface area contributed by atoms with Crippen molar-refractivity contribution in [2.75, 3.05) is 86.4 Å². The van der Waals surface area contributed by atoms with Crippen LogP contribution in [0.5, 0.6) is 5.75 Å². The number of aliphatic hydroxyl groups excluding tert-OH is 1. The standard InChI is InChI=1S/C95H128N12O14Si2/c1-63-51-78-84(80(108)57-79(86(78)111)105-88(112)64(2)31-30-40-81(116-11)87(121-91(96)115)66(4)53-65(3)85(110)82(52-63)117-12)98-46-29-15-13-14-28-45-97-83(109)62-118-73-55-67(89(113)99-58-69-41-47-106-49-43-71(103-92(106)101-69)60-119-122(94(5,6)7,74-32-20-16-21-33-74)75-34-22-17-23-35-75)54-68(56-73)90(114)100-59-70-42-48-107-50-44-72(104-93(107)102-70)61-120-123(95(8,9)10,76-36-24-18-25-37-76)77-38-26-19-27-39-77/h16-27,30-40,53-57,63,65,69-72,81-82,85,87,98,110H,13-15,28-29,41-52,58-62H2,1-12H3,(H2,96,115)(H,97,109)(H,99,113)(H,100,114)(H,101,103)(H,102,104)(H,105,112)/b40-30-,64-31+,66-53+/t63-,65+,69-,70-,71-,72-,81+,82+,85-,87+/m1/s1. The number of nitrogens with two attached hydrogens (primary N) is 1. The van der Waals surface area contributed by atoms with Crippen molar-refractivity contribution in [2.45, 2.75) is 199 Å². The molecule has 0 radical (unpaired) electrons. The topological polar surface area (TPSA) is 337 Å². The number of ketones is 2. The normalized spacial score (nSPS) is 23.7. The lowest BCUT2D eigenvalue weighted by atomic mass is 9.85. The molecule has 5 heterocycles. The summed E-state index contributed by atoms with van der Waals surface area (Å²) in [6.07, 6.45) is 10.2. The minimum atomic E-state index is -2.82.